The Morgan fingerprint density at radius 2 is 2.35 bits per heavy atom. The number of aliphatic carboxylic acids is 1. The van der Waals surface area contributed by atoms with Crippen molar-refractivity contribution in [1.82, 2.24) is 4.90 Å². The SMILES string of the molecule is O=C(O)C1CCCN(C(=O)Nc2ccsc2)C1. The van der Waals surface area contributed by atoms with Crippen molar-refractivity contribution in [2.45, 2.75) is 12.8 Å². The Morgan fingerprint density at radius 3 is 3.00 bits per heavy atom. The van der Waals surface area contributed by atoms with Crippen molar-refractivity contribution < 1.29 is 14.7 Å². The van der Waals surface area contributed by atoms with Gasteiger partial charge in [-0.15, -0.1) is 0 Å². The lowest BCUT2D eigenvalue weighted by atomic mass is 9.99. The summed E-state index contributed by atoms with van der Waals surface area (Å²) in [5.41, 5.74) is 0.762. The fourth-order valence-electron chi connectivity index (χ4n) is 1.90. The summed E-state index contributed by atoms with van der Waals surface area (Å²) in [6.45, 7) is 0.922. The molecule has 0 bridgehead atoms. The number of nitrogens with one attached hydrogen (secondary N) is 1. The lowest BCUT2D eigenvalue weighted by Gasteiger charge is -2.30. The number of carbonyl (C=O) groups is 2. The average molecular weight is 254 g/mol. The molecule has 1 aliphatic rings. The van der Waals surface area contributed by atoms with Crippen molar-refractivity contribution in [2.24, 2.45) is 5.92 Å². The molecule has 1 aromatic heterocycles. The van der Waals surface area contributed by atoms with Gasteiger partial charge in [-0.25, -0.2) is 4.79 Å². The van der Waals surface area contributed by atoms with Gasteiger partial charge in [0.15, 0.2) is 0 Å². The lowest BCUT2D eigenvalue weighted by molar-refractivity contribution is -0.143. The second kappa shape index (κ2) is 5.18. The van der Waals surface area contributed by atoms with E-state index in [-0.39, 0.29) is 6.03 Å². The fraction of sp³-hybridized carbons (Fsp3) is 0.455. The molecular formula is C11H14N2O3S. The molecule has 5 nitrogen and oxygen atoms in total. The van der Waals surface area contributed by atoms with Crippen LogP contribution in [-0.4, -0.2) is 35.1 Å². The topological polar surface area (TPSA) is 69.6 Å². The zero-order valence-electron chi connectivity index (χ0n) is 9.26. The number of carboxylic acid groups (broad SMARTS) is 1. The van der Waals surface area contributed by atoms with E-state index < -0.39 is 11.9 Å². The third-order valence-electron chi connectivity index (χ3n) is 2.83. The van der Waals surface area contributed by atoms with Gasteiger partial charge in [0, 0.05) is 18.5 Å². The highest BCUT2D eigenvalue weighted by Gasteiger charge is 2.28. The van der Waals surface area contributed by atoms with E-state index in [0.717, 1.165) is 12.1 Å². The van der Waals surface area contributed by atoms with Crippen molar-refractivity contribution in [2.75, 3.05) is 18.4 Å². The number of amides is 2. The van der Waals surface area contributed by atoms with Crippen LogP contribution >= 0.6 is 11.3 Å². The third-order valence-corrected chi connectivity index (χ3v) is 3.51. The monoisotopic (exact) mass is 254 g/mol. The van der Waals surface area contributed by atoms with Crippen LogP contribution in [0.25, 0.3) is 0 Å². The zero-order valence-corrected chi connectivity index (χ0v) is 10.1. The summed E-state index contributed by atoms with van der Waals surface area (Å²) in [6, 6.07) is 1.61. The summed E-state index contributed by atoms with van der Waals surface area (Å²) in [6.07, 6.45) is 1.39. The Morgan fingerprint density at radius 1 is 1.53 bits per heavy atom. The van der Waals surface area contributed by atoms with Gasteiger partial charge in [-0.05, 0) is 24.3 Å². The number of likely N-dealkylation sites (tertiary alicyclic amines) is 1. The Kier molecular flexibility index (Phi) is 3.63. The van der Waals surface area contributed by atoms with Crippen molar-refractivity contribution >= 4 is 29.0 Å². The van der Waals surface area contributed by atoms with Crippen LogP contribution in [0.3, 0.4) is 0 Å². The van der Waals surface area contributed by atoms with Crippen LogP contribution in [0, 0.1) is 5.92 Å². The van der Waals surface area contributed by atoms with Gasteiger partial charge in [0.2, 0.25) is 0 Å². The summed E-state index contributed by atoms with van der Waals surface area (Å²) >= 11 is 1.51. The van der Waals surface area contributed by atoms with Gasteiger partial charge in [-0.3, -0.25) is 4.79 Å². The molecule has 0 spiro atoms. The van der Waals surface area contributed by atoms with Crippen molar-refractivity contribution in [3.63, 3.8) is 0 Å². The lowest BCUT2D eigenvalue weighted by Crippen LogP contribution is -2.44. The molecular weight excluding hydrogens is 240 g/mol. The summed E-state index contributed by atoms with van der Waals surface area (Å²) in [5.74, 6) is -1.25. The Labute approximate surface area is 103 Å². The molecule has 1 fully saturated rings. The van der Waals surface area contributed by atoms with Gasteiger partial charge in [0.05, 0.1) is 11.6 Å². The van der Waals surface area contributed by atoms with E-state index in [1.165, 1.54) is 11.3 Å². The number of nitrogens with zero attached hydrogens (tertiary/aromatic N) is 1. The van der Waals surface area contributed by atoms with Crippen LogP contribution in [0.5, 0.6) is 0 Å². The van der Waals surface area contributed by atoms with E-state index in [0.29, 0.717) is 19.5 Å². The molecule has 0 radical (unpaired) electrons. The molecule has 6 heteroatoms. The van der Waals surface area contributed by atoms with Crippen LogP contribution < -0.4 is 5.32 Å². The number of hydrogen-bond acceptors (Lipinski definition) is 3. The molecule has 0 saturated carbocycles. The quantitative estimate of drug-likeness (QED) is 0.849. The van der Waals surface area contributed by atoms with E-state index >= 15 is 0 Å². The average Bonchev–Trinajstić information content (AvgIpc) is 2.82. The first-order valence-corrected chi connectivity index (χ1v) is 6.42. The zero-order chi connectivity index (χ0) is 12.3. The van der Waals surface area contributed by atoms with Gasteiger partial charge in [0.25, 0.3) is 0 Å². The van der Waals surface area contributed by atoms with Crippen LogP contribution in [0.15, 0.2) is 16.8 Å². The number of thiophene rings is 1. The van der Waals surface area contributed by atoms with Crippen LogP contribution in [0.1, 0.15) is 12.8 Å². The summed E-state index contributed by atoms with van der Waals surface area (Å²) in [7, 11) is 0. The molecule has 2 heterocycles. The molecule has 1 aromatic rings. The molecule has 1 aliphatic heterocycles. The predicted octanol–water partition coefficient (Wildman–Crippen LogP) is 2.08. The molecule has 2 N–H and O–H groups in total. The minimum Gasteiger partial charge on any atom is -0.481 e. The molecule has 92 valence electrons. The first-order chi connectivity index (χ1) is 8.16. The summed E-state index contributed by atoms with van der Waals surface area (Å²) in [5, 5.41) is 15.4. The largest absolute Gasteiger partial charge is 0.481 e. The standard InChI is InChI=1S/C11H14N2O3S/c14-10(15)8-2-1-4-13(6-8)11(16)12-9-3-5-17-7-9/h3,5,7-8H,1-2,4,6H2,(H,12,16)(H,14,15). The van der Waals surface area contributed by atoms with Gasteiger partial charge in [0.1, 0.15) is 0 Å². The number of urea groups is 1. The van der Waals surface area contributed by atoms with Crippen molar-refractivity contribution in [3.05, 3.63) is 16.8 Å². The summed E-state index contributed by atoms with van der Waals surface area (Å²) < 4.78 is 0. The number of piperidine rings is 1. The number of rotatable bonds is 2. The molecule has 17 heavy (non-hydrogen) atoms. The van der Waals surface area contributed by atoms with Crippen LogP contribution in [0.4, 0.5) is 10.5 Å². The van der Waals surface area contributed by atoms with Gasteiger partial charge in [-0.1, -0.05) is 0 Å². The second-order valence-corrected chi connectivity index (χ2v) is 4.85. The highest BCUT2D eigenvalue weighted by Crippen LogP contribution is 2.18. The molecule has 0 aromatic carbocycles. The number of carbonyl (C=O) groups excluding carboxylic acids is 1. The minimum absolute atomic E-state index is 0.214. The number of anilines is 1. The molecule has 1 atom stereocenters. The van der Waals surface area contributed by atoms with Crippen molar-refractivity contribution in [1.29, 1.82) is 0 Å². The fourth-order valence-corrected chi connectivity index (χ4v) is 2.49. The van der Waals surface area contributed by atoms with E-state index in [1.807, 2.05) is 16.8 Å². The molecule has 2 rings (SSSR count). The highest BCUT2D eigenvalue weighted by molar-refractivity contribution is 7.08. The summed E-state index contributed by atoms with van der Waals surface area (Å²) in [4.78, 5) is 24.3. The Balaban J connectivity index is 1.93. The van der Waals surface area contributed by atoms with E-state index in [1.54, 1.807) is 4.90 Å². The minimum atomic E-state index is -0.821. The Bertz CT molecular complexity index is 405. The first-order valence-electron chi connectivity index (χ1n) is 5.48. The third kappa shape index (κ3) is 2.97. The second-order valence-electron chi connectivity index (χ2n) is 4.07. The molecule has 0 aliphatic carbocycles. The molecule has 2 amide bonds. The predicted molar refractivity (Wildman–Crippen MR) is 65.3 cm³/mol. The smallest absolute Gasteiger partial charge is 0.321 e. The van der Waals surface area contributed by atoms with Gasteiger partial charge < -0.3 is 15.3 Å². The molecule has 1 saturated heterocycles. The Hall–Kier alpha value is -1.56. The number of carboxylic acids is 1. The maximum absolute atomic E-state index is 11.9. The van der Waals surface area contributed by atoms with Crippen LogP contribution in [-0.2, 0) is 4.79 Å². The van der Waals surface area contributed by atoms with E-state index in [9.17, 15) is 9.59 Å². The van der Waals surface area contributed by atoms with Crippen LogP contribution in [0.2, 0.25) is 0 Å². The van der Waals surface area contributed by atoms with Crippen molar-refractivity contribution in [3.8, 4) is 0 Å². The first kappa shape index (κ1) is 11.9. The van der Waals surface area contributed by atoms with E-state index in [2.05, 4.69) is 5.32 Å². The maximum Gasteiger partial charge on any atom is 0.321 e. The van der Waals surface area contributed by atoms with E-state index in [4.69, 9.17) is 5.11 Å². The highest BCUT2D eigenvalue weighted by atomic mass is 32.1. The maximum atomic E-state index is 11.9. The molecule has 1 unspecified atom stereocenters. The number of hydrogen-bond donors (Lipinski definition) is 2. The van der Waals surface area contributed by atoms with Gasteiger partial charge >= 0.3 is 12.0 Å². The van der Waals surface area contributed by atoms with Gasteiger partial charge in [-0.2, -0.15) is 11.3 Å². The normalized spacial score (nSPS) is 20.0.